The molecular formula is C73H116N6O2S3. The highest BCUT2D eigenvalue weighted by Crippen LogP contribution is 2.35. The molecule has 3 heterocycles. The van der Waals surface area contributed by atoms with Crippen LogP contribution in [0.1, 0.15) is 211 Å². The van der Waals surface area contributed by atoms with E-state index in [1.165, 1.54) is 142 Å². The minimum absolute atomic E-state index is 0.686. The molecule has 0 spiro atoms. The van der Waals surface area contributed by atoms with Crippen LogP contribution in [0.3, 0.4) is 0 Å². The quantitative estimate of drug-likeness (QED) is 0.0378. The summed E-state index contributed by atoms with van der Waals surface area (Å²) in [5.41, 5.74) is 8.00. The van der Waals surface area contributed by atoms with Crippen LogP contribution in [0.25, 0.3) is 33.8 Å². The first kappa shape index (κ1) is 72.0. The van der Waals surface area contributed by atoms with E-state index in [-0.39, 0.29) is 0 Å². The van der Waals surface area contributed by atoms with Crippen molar-refractivity contribution in [3.8, 4) is 45.3 Å². The summed E-state index contributed by atoms with van der Waals surface area (Å²) in [5.74, 6) is 6.25. The van der Waals surface area contributed by atoms with Crippen LogP contribution in [0.15, 0.2) is 88.9 Å². The first-order chi connectivity index (χ1) is 40.7. The predicted molar refractivity (Wildman–Crippen MR) is 374 cm³/mol. The Morgan fingerprint density at radius 3 is 1.13 bits per heavy atom. The van der Waals surface area contributed by atoms with Crippen molar-refractivity contribution in [2.75, 3.05) is 67.7 Å². The molecule has 0 N–H and O–H groups in total. The zero-order valence-electron chi connectivity index (χ0n) is 55.5. The number of ether oxygens (including phenoxy) is 2. The third kappa shape index (κ3) is 26.3. The number of hydrogen-bond acceptors (Lipinski definition) is 11. The monoisotopic (exact) mass is 1200 g/mol. The van der Waals surface area contributed by atoms with Gasteiger partial charge in [0.15, 0.2) is 15.4 Å². The van der Waals surface area contributed by atoms with Crippen LogP contribution >= 0.6 is 34.0 Å². The second-order valence-electron chi connectivity index (χ2n) is 24.4. The van der Waals surface area contributed by atoms with Gasteiger partial charge in [-0.05, 0) is 112 Å². The Labute approximate surface area is 526 Å². The number of rotatable bonds is 39. The molecule has 4 unspecified atom stereocenters. The number of aryl methyl sites for hydroxylation is 1. The Morgan fingerprint density at radius 2 is 0.786 bits per heavy atom. The van der Waals surface area contributed by atoms with Crippen molar-refractivity contribution in [3.05, 3.63) is 94.5 Å². The number of aromatic nitrogens is 3. The highest BCUT2D eigenvalue weighted by Gasteiger charge is 2.23. The molecule has 0 saturated heterocycles. The van der Waals surface area contributed by atoms with Gasteiger partial charge in [-0.3, -0.25) is 0 Å². The van der Waals surface area contributed by atoms with Crippen LogP contribution in [0, 0.1) is 42.4 Å². The maximum Gasteiger partial charge on any atom is 0.185 e. The van der Waals surface area contributed by atoms with E-state index < -0.39 is 0 Å². The van der Waals surface area contributed by atoms with Crippen molar-refractivity contribution in [2.24, 2.45) is 35.5 Å². The topological polar surface area (TPSA) is 66.8 Å². The normalized spacial score (nSPS) is 12.7. The number of thiazole rings is 3. The Bertz CT molecular complexity index is 2540. The lowest BCUT2D eigenvalue weighted by Gasteiger charge is -2.30. The van der Waals surface area contributed by atoms with Crippen molar-refractivity contribution >= 4 is 49.4 Å². The van der Waals surface area contributed by atoms with E-state index in [1.54, 1.807) is 41.1 Å². The fourth-order valence-corrected chi connectivity index (χ4v) is 13.2. The van der Waals surface area contributed by atoms with Gasteiger partial charge in [-0.2, -0.15) is 0 Å². The molecule has 8 nitrogen and oxygen atoms in total. The smallest absolute Gasteiger partial charge is 0.185 e. The second kappa shape index (κ2) is 41.6. The Morgan fingerprint density at radius 1 is 0.429 bits per heavy atom. The number of methoxy groups -OCH3 is 1. The summed E-state index contributed by atoms with van der Waals surface area (Å²) in [5, 5.41) is 10.1. The lowest BCUT2D eigenvalue weighted by molar-refractivity contribution is 0.340. The fraction of sp³-hybridized carbons (Fsp3) is 0.630. The zero-order valence-corrected chi connectivity index (χ0v) is 58.0. The van der Waals surface area contributed by atoms with Gasteiger partial charge in [-0.25, -0.2) is 15.0 Å². The van der Waals surface area contributed by atoms with Gasteiger partial charge >= 0.3 is 0 Å². The van der Waals surface area contributed by atoms with Crippen molar-refractivity contribution in [2.45, 2.75) is 213 Å². The Balaban J connectivity index is 0.000000273. The third-order valence-corrected chi connectivity index (χ3v) is 19.2. The van der Waals surface area contributed by atoms with Gasteiger partial charge in [-0.15, -0.1) is 34.0 Å². The molecule has 6 aromatic rings. The molecule has 3 aromatic carbocycles. The summed E-state index contributed by atoms with van der Waals surface area (Å²) >= 11 is 5.37. The predicted octanol–water partition coefficient (Wildman–Crippen LogP) is 22.5. The van der Waals surface area contributed by atoms with Crippen LogP contribution in [0.4, 0.5) is 15.4 Å². The summed E-state index contributed by atoms with van der Waals surface area (Å²) < 4.78 is 11.1. The largest absolute Gasteiger partial charge is 0.497 e. The molecule has 84 heavy (non-hydrogen) atoms. The molecule has 0 saturated carbocycles. The van der Waals surface area contributed by atoms with E-state index in [1.807, 2.05) is 25.1 Å². The number of anilines is 3. The van der Waals surface area contributed by atoms with E-state index in [9.17, 15) is 0 Å². The lowest BCUT2D eigenvalue weighted by atomic mass is 9.96. The van der Waals surface area contributed by atoms with Gasteiger partial charge in [0, 0.05) is 72.1 Å². The van der Waals surface area contributed by atoms with Gasteiger partial charge in [-0.1, -0.05) is 214 Å². The molecule has 0 fully saturated rings. The highest BCUT2D eigenvalue weighted by atomic mass is 32.1. The molecule has 4 atom stereocenters. The van der Waals surface area contributed by atoms with E-state index >= 15 is 0 Å². The third-order valence-electron chi connectivity index (χ3n) is 16.5. The van der Waals surface area contributed by atoms with Crippen LogP contribution < -0.4 is 24.2 Å². The number of hydrogen-bond donors (Lipinski definition) is 0. The average Bonchev–Trinajstić information content (AvgIpc) is 4.38. The van der Waals surface area contributed by atoms with E-state index in [0.717, 1.165) is 114 Å². The molecule has 0 aliphatic rings. The molecule has 0 aliphatic heterocycles. The number of benzene rings is 3. The summed E-state index contributed by atoms with van der Waals surface area (Å²) in [7, 11) is 1.72. The highest BCUT2D eigenvalue weighted by molar-refractivity contribution is 7.14. The molecule has 468 valence electrons. The van der Waals surface area contributed by atoms with E-state index in [0.29, 0.717) is 6.61 Å². The second-order valence-corrected chi connectivity index (χ2v) is 26.9. The summed E-state index contributed by atoms with van der Waals surface area (Å²) in [6, 6.07) is 25.2. The summed E-state index contributed by atoms with van der Waals surface area (Å²) in [4.78, 5) is 22.8. The molecule has 3 aromatic heterocycles. The number of unbranched alkanes of at least 4 members (excludes halogenated alkanes) is 4. The zero-order chi connectivity index (χ0) is 61.1. The van der Waals surface area contributed by atoms with Gasteiger partial charge in [0.05, 0.1) is 30.8 Å². The first-order valence-corrected chi connectivity index (χ1v) is 35.9. The molecule has 0 amide bonds. The molecular weight excluding hydrogens is 1090 g/mol. The molecule has 11 heteroatoms. The van der Waals surface area contributed by atoms with Crippen LogP contribution in [-0.2, 0) is 0 Å². The van der Waals surface area contributed by atoms with E-state index in [4.69, 9.17) is 24.4 Å². The minimum atomic E-state index is 0.686. The molecule has 0 aliphatic carbocycles. The van der Waals surface area contributed by atoms with Crippen molar-refractivity contribution < 1.29 is 9.47 Å². The first-order valence-electron chi connectivity index (χ1n) is 33.3. The standard InChI is InChI=1S/C27H44N2OS.C26H42N2OS.C20H30N2S/c1-6-11-14-22(8-3)19-29(20-23(9-4)15-12-7-2)27-28-26(21-31-27)24-16-13-17-25(18-24)30-10-5;1-6-10-13-21(8-3)18-28(19-22(9-4)14-11-7-2)26-27-25(20-30-26)23-15-12-16-24(17-23)29-5;1-15(2)10-12-22(13-11-16(3)4)20-21-19(14-23-20)18-8-6-17(5)7-9-18/h13,16-18,21-23H,6-12,14-15,19-20H2,1-5H3;12,15-17,20-22H,6-11,13-14,18-19H2,1-5H3;6-9,14-16H,10-13H2,1-5H3. The maximum atomic E-state index is 5.70. The average molecular weight is 1210 g/mol. The Hall–Kier alpha value is -4.45. The van der Waals surface area contributed by atoms with Gasteiger partial charge in [0.25, 0.3) is 0 Å². The maximum absolute atomic E-state index is 5.70. The SMILES string of the molecule is CCCCC(CC)CN(CC(CC)CCCC)c1nc(-c2cccc(OC)c2)cs1.CCCCC(CC)CN(CC(CC)CCCC)c1nc(-c2cccc(OCC)c2)cs1.Cc1ccc(-c2csc(N(CCC(C)C)CCC(C)C)n2)cc1. The summed E-state index contributed by atoms with van der Waals surface area (Å²) in [6.07, 6.45) is 23.1. The molecule has 0 bridgehead atoms. The van der Waals surface area contributed by atoms with Crippen molar-refractivity contribution in [1.82, 2.24) is 15.0 Å². The van der Waals surface area contributed by atoms with Gasteiger partial charge < -0.3 is 24.2 Å². The van der Waals surface area contributed by atoms with Gasteiger partial charge in [0.1, 0.15) is 11.5 Å². The van der Waals surface area contributed by atoms with Crippen LogP contribution in [0.2, 0.25) is 0 Å². The van der Waals surface area contributed by atoms with E-state index in [2.05, 4.69) is 175 Å². The van der Waals surface area contributed by atoms with Crippen LogP contribution in [0.5, 0.6) is 11.5 Å². The van der Waals surface area contributed by atoms with Crippen molar-refractivity contribution in [3.63, 3.8) is 0 Å². The minimum Gasteiger partial charge on any atom is -0.497 e. The lowest BCUT2D eigenvalue weighted by Crippen LogP contribution is -2.34. The van der Waals surface area contributed by atoms with Crippen LogP contribution in [-0.4, -0.2) is 67.9 Å². The van der Waals surface area contributed by atoms with Gasteiger partial charge in [0.2, 0.25) is 0 Å². The fourth-order valence-electron chi connectivity index (χ4n) is 10.6. The Kier molecular flexibility index (Phi) is 35.7. The van der Waals surface area contributed by atoms with Crippen molar-refractivity contribution in [1.29, 1.82) is 0 Å². The summed E-state index contributed by atoms with van der Waals surface area (Å²) in [6.45, 7) is 39.3. The molecule has 6 rings (SSSR count). The number of nitrogens with zero attached hydrogens (tertiary/aromatic N) is 6. The molecule has 0 radical (unpaired) electrons.